The Bertz CT molecular complexity index is 538. The predicted molar refractivity (Wildman–Crippen MR) is 91.1 cm³/mol. The van der Waals surface area contributed by atoms with Crippen LogP contribution in [0.4, 0.5) is 5.69 Å². The number of rotatable bonds is 7. The number of piperidine rings is 1. The average molecular weight is 325 g/mol. The van der Waals surface area contributed by atoms with Crippen LogP contribution in [0.2, 0.25) is 0 Å². The lowest BCUT2D eigenvalue weighted by Crippen LogP contribution is -2.45. The fraction of sp³-hybridized carbons (Fsp3) is 0.625. The van der Waals surface area contributed by atoms with Gasteiger partial charge in [-0.25, -0.2) is 0 Å². The zero-order chi connectivity index (χ0) is 16.0. The number of nitrogens with one attached hydrogen (secondary N) is 2. The van der Waals surface area contributed by atoms with Crippen LogP contribution in [0.15, 0.2) is 30.3 Å². The maximum Gasteiger partial charge on any atom is 0.299 e. The molecule has 124 valence electrons. The molecule has 5 nitrogen and oxygen atoms in total. The Morgan fingerprint density at radius 1 is 1.14 bits per heavy atom. The number of benzene rings is 1. The first-order chi connectivity index (χ1) is 10.5. The van der Waals surface area contributed by atoms with E-state index in [0.29, 0.717) is 24.3 Å². The van der Waals surface area contributed by atoms with Gasteiger partial charge in [-0.1, -0.05) is 24.6 Å². The molecular formula is C16H27N3O2S. The minimum Gasteiger partial charge on any atom is -0.298 e. The summed E-state index contributed by atoms with van der Waals surface area (Å²) in [4.78, 5) is 2.49. The molecule has 0 radical (unpaired) electrons. The standard InChI is InChI=1S/C16H27N3O2S/c1-14-8-6-9-15(2)19(14)13-7-12-17-22(20,21)18-16-10-4-3-5-11-16/h3-5,10-11,14-15,17-18H,6-9,12-13H2,1-2H3. The lowest BCUT2D eigenvalue weighted by molar-refractivity contribution is 0.103. The Balaban J connectivity index is 1.73. The van der Waals surface area contributed by atoms with Gasteiger partial charge >= 0.3 is 0 Å². The van der Waals surface area contributed by atoms with Crippen LogP contribution in [-0.2, 0) is 10.2 Å². The van der Waals surface area contributed by atoms with Crippen molar-refractivity contribution >= 4 is 15.9 Å². The van der Waals surface area contributed by atoms with E-state index in [9.17, 15) is 8.42 Å². The van der Waals surface area contributed by atoms with Gasteiger partial charge in [0, 0.05) is 24.3 Å². The average Bonchev–Trinajstić information content (AvgIpc) is 2.46. The van der Waals surface area contributed by atoms with Crippen molar-refractivity contribution in [1.29, 1.82) is 0 Å². The zero-order valence-corrected chi connectivity index (χ0v) is 14.3. The van der Waals surface area contributed by atoms with E-state index < -0.39 is 10.2 Å². The highest BCUT2D eigenvalue weighted by atomic mass is 32.2. The van der Waals surface area contributed by atoms with E-state index in [1.54, 1.807) is 24.3 Å². The Kier molecular flexibility index (Phi) is 6.23. The minimum absolute atomic E-state index is 0.456. The summed E-state index contributed by atoms with van der Waals surface area (Å²) < 4.78 is 29.0. The summed E-state index contributed by atoms with van der Waals surface area (Å²) in [5.41, 5.74) is 0.577. The fourth-order valence-electron chi connectivity index (χ4n) is 3.08. The van der Waals surface area contributed by atoms with Crippen LogP contribution in [0, 0.1) is 0 Å². The second-order valence-corrected chi connectivity index (χ2v) is 7.59. The van der Waals surface area contributed by atoms with E-state index in [0.717, 1.165) is 13.0 Å². The molecule has 0 spiro atoms. The SMILES string of the molecule is CC1CCCC(C)N1CCCNS(=O)(=O)Nc1ccccc1. The Morgan fingerprint density at radius 3 is 2.41 bits per heavy atom. The first-order valence-electron chi connectivity index (χ1n) is 8.06. The van der Waals surface area contributed by atoms with Crippen LogP contribution in [0.25, 0.3) is 0 Å². The van der Waals surface area contributed by atoms with Gasteiger partial charge in [0.25, 0.3) is 10.2 Å². The van der Waals surface area contributed by atoms with Crippen LogP contribution in [0.1, 0.15) is 39.5 Å². The van der Waals surface area contributed by atoms with Crippen molar-refractivity contribution < 1.29 is 8.42 Å². The van der Waals surface area contributed by atoms with Gasteiger partial charge in [0.15, 0.2) is 0 Å². The lowest BCUT2D eigenvalue weighted by atomic mass is 9.97. The zero-order valence-electron chi connectivity index (χ0n) is 13.5. The van der Waals surface area contributed by atoms with E-state index in [2.05, 4.69) is 28.2 Å². The van der Waals surface area contributed by atoms with Crippen molar-refractivity contribution in [2.45, 2.75) is 51.6 Å². The molecule has 1 fully saturated rings. The number of hydrogen-bond acceptors (Lipinski definition) is 3. The summed E-state index contributed by atoms with van der Waals surface area (Å²) in [7, 11) is -3.48. The highest BCUT2D eigenvalue weighted by molar-refractivity contribution is 7.90. The molecule has 0 aliphatic carbocycles. The normalized spacial score (nSPS) is 23.4. The molecule has 1 aliphatic heterocycles. The highest BCUT2D eigenvalue weighted by Crippen LogP contribution is 2.22. The van der Waals surface area contributed by atoms with E-state index in [4.69, 9.17) is 0 Å². The summed E-state index contributed by atoms with van der Waals surface area (Å²) in [6.45, 7) is 5.92. The van der Waals surface area contributed by atoms with Crippen molar-refractivity contribution in [1.82, 2.24) is 9.62 Å². The number of para-hydroxylation sites is 1. The second-order valence-electron chi connectivity index (χ2n) is 6.09. The smallest absolute Gasteiger partial charge is 0.298 e. The van der Waals surface area contributed by atoms with Gasteiger partial charge in [0.1, 0.15) is 0 Å². The molecule has 6 heteroatoms. The van der Waals surface area contributed by atoms with Gasteiger partial charge in [-0.15, -0.1) is 0 Å². The van der Waals surface area contributed by atoms with Crippen LogP contribution < -0.4 is 9.44 Å². The van der Waals surface area contributed by atoms with E-state index in [-0.39, 0.29) is 0 Å². The Morgan fingerprint density at radius 2 is 1.77 bits per heavy atom. The van der Waals surface area contributed by atoms with Crippen LogP contribution >= 0.6 is 0 Å². The molecule has 0 bridgehead atoms. The van der Waals surface area contributed by atoms with Crippen molar-refractivity contribution in [3.63, 3.8) is 0 Å². The fourth-order valence-corrected chi connectivity index (χ4v) is 4.01. The first-order valence-corrected chi connectivity index (χ1v) is 9.54. The van der Waals surface area contributed by atoms with Crippen LogP contribution in [0.3, 0.4) is 0 Å². The molecule has 2 atom stereocenters. The van der Waals surface area contributed by atoms with Crippen molar-refractivity contribution in [2.24, 2.45) is 0 Å². The van der Waals surface area contributed by atoms with Crippen molar-refractivity contribution in [3.05, 3.63) is 30.3 Å². The molecule has 0 saturated carbocycles. The summed E-state index contributed by atoms with van der Waals surface area (Å²) in [5, 5.41) is 0. The molecule has 0 aromatic heterocycles. The van der Waals surface area contributed by atoms with Gasteiger partial charge in [0.2, 0.25) is 0 Å². The summed E-state index contributed by atoms with van der Waals surface area (Å²) in [5.74, 6) is 0. The molecule has 22 heavy (non-hydrogen) atoms. The number of anilines is 1. The van der Waals surface area contributed by atoms with Crippen LogP contribution in [0.5, 0.6) is 0 Å². The van der Waals surface area contributed by atoms with Gasteiger partial charge in [-0.2, -0.15) is 13.1 Å². The van der Waals surface area contributed by atoms with Gasteiger partial charge in [-0.3, -0.25) is 9.62 Å². The number of likely N-dealkylation sites (tertiary alicyclic amines) is 1. The topological polar surface area (TPSA) is 61.4 Å². The summed E-state index contributed by atoms with van der Waals surface area (Å²) in [6.07, 6.45) is 4.61. The second kappa shape index (κ2) is 7.94. The monoisotopic (exact) mass is 325 g/mol. The van der Waals surface area contributed by atoms with Gasteiger partial charge < -0.3 is 0 Å². The molecule has 2 rings (SSSR count). The largest absolute Gasteiger partial charge is 0.299 e. The quantitative estimate of drug-likeness (QED) is 0.758. The highest BCUT2D eigenvalue weighted by Gasteiger charge is 2.23. The molecule has 1 saturated heterocycles. The molecule has 1 aliphatic rings. The Labute approximate surface area is 134 Å². The lowest BCUT2D eigenvalue weighted by Gasteiger charge is -2.39. The van der Waals surface area contributed by atoms with E-state index in [1.165, 1.54) is 19.3 Å². The number of nitrogens with zero attached hydrogens (tertiary/aromatic N) is 1. The minimum atomic E-state index is -3.48. The third-order valence-electron chi connectivity index (χ3n) is 4.29. The molecule has 1 aromatic carbocycles. The van der Waals surface area contributed by atoms with Crippen molar-refractivity contribution in [3.8, 4) is 0 Å². The van der Waals surface area contributed by atoms with Crippen LogP contribution in [-0.4, -0.2) is 38.5 Å². The molecule has 0 amide bonds. The summed E-state index contributed by atoms with van der Waals surface area (Å²) in [6, 6.07) is 10.1. The van der Waals surface area contributed by atoms with Gasteiger partial charge in [-0.05, 0) is 51.8 Å². The molecule has 2 N–H and O–H groups in total. The van der Waals surface area contributed by atoms with E-state index in [1.807, 2.05) is 6.07 Å². The maximum atomic E-state index is 11.9. The van der Waals surface area contributed by atoms with Gasteiger partial charge in [0.05, 0.1) is 0 Å². The molecule has 1 aromatic rings. The summed E-state index contributed by atoms with van der Waals surface area (Å²) >= 11 is 0. The third-order valence-corrected chi connectivity index (χ3v) is 5.38. The first kappa shape index (κ1) is 17.2. The maximum absolute atomic E-state index is 11.9. The predicted octanol–water partition coefficient (Wildman–Crippen LogP) is 2.59. The molecule has 1 heterocycles. The molecule has 2 unspecified atom stereocenters. The molecular weight excluding hydrogens is 298 g/mol. The third kappa shape index (κ3) is 5.26. The van der Waals surface area contributed by atoms with E-state index >= 15 is 0 Å². The Hall–Kier alpha value is -1.11. The van der Waals surface area contributed by atoms with Crippen molar-refractivity contribution in [2.75, 3.05) is 17.8 Å². The number of hydrogen-bond donors (Lipinski definition) is 2.